The van der Waals surface area contributed by atoms with Crippen LogP contribution in [0.1, 0.15) is 84.5 Å². The zero-order chi connectivity index (χ0) is 20.4. The Morgan fingerprint density at radius 1 is 0.929 bits per heavy atom. The third kappa shape index (κ3) is 2.80. The molecular weight excluding hydrogens is 366 g/mol. The molecule has 5 rings (SSSR count). The molecule has 1 N–H and O–H groups in total. The standard InChI is InChI=1S/C22H32F2O4/c1-19(2,20-11-14-8-15(12-20)10-16(9-14)13-20)18(27)28-21(6-4-3-5-7-21)22(23,24)17(25)26/h14-16H,3-13H2,1-2H3,(H,25,26). The van der Waals surface area contributed by atoms with Crippen LogP contribution in [0.2, 0.25) is 0 Å². The van der Waals surface area contributed by atoms with E-state index in [1.807, 2.05) is 13.8 Å². The second-order valence-electron chi connectivity index (χ2n) is 10.6. The van der Waals surface area contributed by atoms with Crippen molar-refractivity contribution in [2.45, 2.75) is 96.0 Å². The monoisotopic (exact) mass is 398 g/mol. The highest BCUT2D eigenvalue weighted by atomic mass is 19.3. The molecular formula is C22H32F2O4. The summed E-state index contributed by atoms with van der Waals surface area (Å²) in [6.45, 7) is 3.69. The molecule has 5 saturated carbocycles. The molecule has 0 aromatic rings. The smallest absolute Gasteiger partial charge is 0.381 e. The number of alkyl halides is 2. The van der Waals surface area contributed by atoms with Crippen molar-refractivity contribution in [3.05, 3.63) is 0 Å². The van der Waals surface area contributed by atoms with Gasteiger partial charge in [0.2, 0.25) is 0 Å². The Kier molecular flexibility index (Phi) is 4.59. The fourth-order valence-corrected chi connectivity index (χ4v) is 7.20. The summed E-state index contributed by atoms with van der Waals surface area (Å²) >= 11 is 0. The minimum atomic E-state index is -4.07. The van der Waals surface area contributed by atoms with Crippen LogP contribution in [0.25, 0.3) is 0 Å². The summed E-state index contributed by atoms with van der Waals surface area (Å²) in [5.41, 5.74) is -3.30. The molecule has 0 aromatic carbocycles. The highest BCUT2D eigenvalue weighted by molar-refractivity contribution is 5.81. The van der Waals surface area contributed by atoms with Crippen LogP contribution in [0.15, 0.2) is 0 Å². The maximum absolute atomic E-state index is 14.7. The molecule has 5 aliphatic rings. The molecule has 158 valence electrons. The molecule has 0 unspecified atom stereocenters. The summed E-state index contributed by atoms with van der Waals surface area (Å²) in [7, 11) is 0. The van der Waals surface area contributed by atoms with Gasteiger partial charge in [0.15, 0.2) is 5.60 Å². The summed E-state index contributed by atoms with van der Waals surface area (Å²) < 4.78 is 35.0. The number of esters is 1. The van der Waals surface area contributed by atoms with Gasteiger partial charge in [-0.15, -0.1) is 0 Å². The summed E-state index contributed by atoms with van der Waals surface area (Å²) in [6.07, 6.45) is 8.05. The summed E-state index contributed by atoms with van der Waals surface area (Å²) in [5, 5.41) is 9.16. The number of rotatable bonds is 5. The molecule has 28 heavy (non-hydrogen) atoms. The molecule has 5 aliphatic carbocycles. The van der Waals surface area contributed by atoms with E-state index in [0.29, 0.717) is 30.6 Å². The molecule has 0 amide bonds. The van der Waals surface area contributed by atoms with E-state index in [9.17, 15) is 18.4 Å². The van der Waals surface area contributed by atoms with Crippen molar-refractivity contribution in [2.24, 2.45) is 28.6 Å². The lowest BCUT2D eigenvalue weighted by Gasteiger charge is -2.61. The van der Waals surface area contributed by atoms with Crippen LogP contribution < -0.4 is 0 Å². The lowest BCUT2D eigenvalue weighted by molar-refractivity contribution is -0.242. The molecule has 5 fully saturated rings. The van der Waals surface area contributed by atoms with E-state index in [0.717, 1.165) is 25.7 Å². The van der Waals surface area contributed by atoms with Crippen LogP contribution in [-0.4, -0.2) is 28.6 Å². The molecule has 0 heterocycles. The van der Waals surface area contributed by atoms with Gasteiger partial charge in [0, 0.05) is 0 Å². The Labute approximate surface area is 165 Å². The fourth-order valence-electron chi connectivity index (χ4n) is 7.20. The first-order chi connectivity index (χ1) is 13.0. The molecule has 0 atom stereocenters. The number of carboxylic acids is 1. The second-order valence-corrected chi connectivity index (χ2v) is 10.6. The van der Waals surface area contributed by atoms with Crippen LogP contribution in [0.5, 0.6) is 0 Å². The highest BCUT2D eigenvalue weighted by Crippen LogP contribution is 2.66. The minimum Gasteiger partial charge on any atom is -0.477 e. The Balaban J connectivity index is 1.61. The largest absolute Gasteiger partial charge is 0.477 e. The van der Waals surface area contributed by atoms with E-state index >= 15 is 0 Å². The molecule has 6 heteroatoms. The van der Waals surface area contributed by atoms with E-state index in [-0.39, 0.29) is 18.3 Å². The van der Waals surface area contributed by atoms with Crippen LogP contribution in [0.4, 0.5) is 8.78 Å². The molecule has 0 saturated heterocycles. The number of carbonyl (C=O) groups is 2. The molecule has 0 radical (unpaired) electrons. The first-order valence-electron chi connectivity index (χ1n) is 10.9. The second kappa shape index (κ2) is 6.40. The third-order valence-electron chi connectivity index (χ3n) is 8.66. The van der Waals surface area contributed by atoms with Crippen LogP contribution in [-0.2, 0) is 14.3 Å². The number of carboxylic acid groups (broad SMARTS) is 1. The number of hydrogen-bond acceptors (Lipinski definition) is 3. The summed E-state index contributed by atoms with van der Waals surface area (Å²) in [6, 6.07) is 0. The number of halogens is 2. The van der Waals surface area contributed by atoms with Gasteiger partial charge >= 0.3 is 17.9 Å². The lowest BCUT2D eigenvalue weighted by Crippen LogP contribution is -2.61. The average Bonchev–Trinajstić information content (AvgIpc) is 2.61. The average molecular weight is 398 g/mol. The van der Waals surface area contributed by atoms with Gasteiger partial charge < -0.3 is 9.84 Å². The van der Waals surface area contributed by atoms with Crippen LogP contribution in [0.3, 0.4) is 0 Å². The van der Waals surface area contributed by atoms with Gasteiger partial charge in [-0.2, -0.15) is 8.78 Å². The Morgan fingerprint density at radius 3 is 1.82 bits per heavy atom. The van der Waals surface area contributed by atoms with Crippen molar-refractivity contribution in [3.63, 3.8) is 0 Å². The maximum atomic E-state index is 14.7. The van der Waals surface area contributed by atoms with Gasteiger partial charge in [0.25, 0.3) is 0 Å². The predicted octanol–water partition coefficient (Wildman–Crippen LogP) is 5.20. The van der Waals surface area contributed by atoms with Gasteiger partial charge in [-0.1, -0.05) is 6.42 Å². The van der Waals surface area contributed by atoms with E-state index in [1.54, 1.807) is 0 Å². The summed E-state index contributed by atoms with van der Waals surface area (Å²) in [5.74, 6) is -5.01. The van der Waals surface area contributed by atoms with Crippen molar-refractivity contribution in [1.82, 2.24) is 0 Å². The molecule has 0 aromatic heterocycles. The number of hydrogen-bond donors (Lipinski definition) is 1. The van der Waals surface area contributed by atoms with Crippen LogP contribution in [0, 0.1) is 28.6 Å². The van der Waals surface area contributed by atoms with Crippen molar-refractivity contribution in [2.75, 3.05) is 0 Å². The summed E-state index contributed by atoms with van der Waals surface area (Å²) in [4.78, 5) is 24.7. The third-order valence-corrected chi connectivity index (χ3v) is 8.66. The highest BCUT2D eigenvalue weighted by Gasteiger charge is 2.65. The van der Waals surface area contributed by atoms with Gasteiger partial charge in [-0.25, -0.2) is 4.79 Å². The maximum Gasteiger partial charge on any atom is 0.381 e. The van der Waals surface area contributed by atoms with E-state index in [4.69, 9.17) is 9.84 Å². The molecule has 4 bridgehead atoms. The Bertz CT molecular complexity index is 628. The predicted molar refractivity (Wildman–Crippen MR) is 98.9 cm³/mol. The first kappa shape index (κ1) is 20.1. The van der Waals surface area contributed by atoms with E-state index in [2.05, 4.69) is 0 Å². The number of ether oxygens (including phenoxy) is 1. The van der Waals surface area contributed by atoms with Gasteiger partial charge in [0.05, 0.1) is 5.41 Å². The lowest BCUT2D eigenvalue weighted by atomic mass is 9.43. The number of carbonyl (C=O) groups excluding carboxylic acids is 1. The van der Waals surface area contributed by atoms with Gasteiger partial charge in [-0.05, 0) is 101 Å². The van der Waals surface area contributed by atoms with Crippen LogP contribution >= 0.6 is 0 Å². The zero-order valence-corrected chi connectivity index (χ0v) is 16.9. The Hall–Kier alpha value is -1.20. The van der Waals surface area contributed by atoms with Gasteiger partial charge in [0.1, 0.15) is 0 Å². The van der Waals surface area contributed by atoms with Crippen molar-refractivity contribution in [1.29, 1.82) is 0 Å². The molecule has 0 spiro atoms. The quantitative estimate of drug-likeness (QED) is 0.647. The fraction of sp³-hybridized carbons (Fsp3) is 0.909. The van der Waals surface area contributed by atoms with Crippen molar-refractivity contribution in [3.8, 4) is 0 Å². The normalized spacial score (nSPS) is 36.9. The first-order valence-corrected chi connectivity index (χ1v) is 10.9. The zero-order valence-electron chi connectivity index (χ0n) is 16.9. The minimum absolute atomic E-state index is 0.0883. The number of aliphatic carboxylic acids is 1. The Morgan fingerprint density at radius 2 is 1.39 bits per heavy atom. The van der Waals surface area contributed by atoms with Crippen molar-refractivity contribution >= 4 is 11.9 Å². The molecule has 0 aliphatic heterocycles. The van der Waals surface area contributed by atoms with Crippen molar-refractivity contribution < 1.29 is 28.2 Å². The SMILES string of the molecule is CC(C)(C(=O)OC1(C(F)(F)C(=O)O)CCCCC1)C12CC3CC(CC(C3)C1)C2. The van der Waals surface area contributed by atoms with E-state index in [1.165, 1.54) is 19.3 Å². The van der Waals surface area contributed by atoms with Gasteiger partial charge in [-0.3, -0.25) is 4.79 Å². The van der Waals surface area contributed by atoms with E-state index < -0.39 is 28.9 Å². The topological polar surface area (TPSA) is 63.6 Å². The molecule has 4 nitrogen and oxygen atoms in total.